The smallest absolute Gasteiger partial charge is 0.253 e. The zero-order chi connectivity index (χ0) is 14.8. The van der Waals surface area contributed by atoms with Crippen LogP contribution in [0.15, 0.2) is 53.3 Å². The number of anilines is 1. The summed E-state index contributed by atoms with van der Waals surface area (Å²) >= 11 is 0. The molecule has 0 atom stereocenters. The van der Waals surface area contributed by atoms with Crippen molar-refractivity contribution in [2.45, 2.75) is 6.54 Å². The second-order valence-corrected chi connectivity index (χ2v) is 4.67. The average Bonchev–Trinajstić information content (AvgIpc) is 2.49. The lowest BCUT2D eigenvalue weighted by Gasteiger charge is -2.08. The molecule has 2 aromatic carbocycles. The monoisotopic (exact) mass is 286 g/mol. The van der Waals surface area contributed by atoms with E-state index in [1.165, 1.54) is 12.1 Å². The molecule has 3 aromatic rings. The van der Waals surface area contributed by atoms with Crippen molar-refractivity contribution >= 4 is 16.6 Å². The van der Waals surface area contributed by atoms with E-state index in [-0.39, 0.29) is 17.8 Å². The third-order valence-electron chi connectivity index (χ3n) is 3.25. The van der Waals surface area contributed by atoms with E-state index < -0.39 is 11.6 Å². The minimum absolute atomic E-state index is 0.0301. The van der Waals surface area contributed by atoms with E-state index in [4.69, 9.17) is 0 Å². The highest BCUT2D eigenvalue weighted by molar-refractivity contribution is 5.78. The summed E-state index contributed by atoms with van der Waals surface area (Å²) < 4.78 is 26.6. The maximum atomic E-state index is 13.5. The highest BCUT2D eigenvalue weighted by Crippen LogP contribution is 2.17. The van der Waals surface area contributed by atoms with Crippen molar-refractivity contribution in [3.63, 3.8) is 0 Å². The van der Waals surface area contributed by atoms with Crippen molar-refractivity contribution in [3.8, 4) is 0 Å². The van der Waals surface area contributed by atoms with E-state index in [0.29, 0.717) is 5.56 Å². The number of halogens is 2. The zero-order valence-corrected chi connectivity index (χ0v) is 11.0. The van der Waals surface area contributed by atoms with Gasteiger partial charge in [-0.05, 0) is 29.7 Å². The van der Waals surface area contributed by atoms with Crippen LogP contribution in [0.3, 0.4) is 0 Å². The minimum Gasteiger partial charge on any atom is -0.378 e. The van der Waals surface area contributed by atoms with Gasteiger partial charge in [-0.2, -0.15) is 0 Å². The molecule has 0 bridgehead atoms. The normalized spacial score (nSPS) is 10.8. The molecule has 0 saturated carbocycles. The number of H-pyrrole nitrogens is 1. The number of aromatic nitrogens is 1. The summed E-state index contributed by atoms with van der Waals surface area (Å²) in [5.41, 5.74) is 0.973. The molecule has 2 N–H and O–H groups in total. The quantitative estimate of drug-likeness (QED) is 0.775. The largest absolute Gasteiger partial charge is 0.378 e. The van der Waals surface area contributed by atoms with Crippen LogP contribution in [0.5, 0.6) is 0 Å². The zero-order valence-electron chi connectivity index (χ0n) is 11.0. The first-order valence-electron chi connectivity index (χ1n) is 6.44. The molecule has 0 aliphatic heterocycles. The number of benzene rings is 2. The van der Waals surface area contributed by atoms with Crippen LogP contribution < -0.4 is 10.9 Å². The van der Waals surface area contributed by atoms with E-state index in [2.05, 4.69) is 10.3 Å². The summed E-state index contributed by atoms with van der Waals surface area (Å²) in [6.07, 6.45) is 0. The number of nitrogens with one attached hydrogen (secondary N) is 2. The Morgan fingerprint density at radius 1 is 1.05 bits per heavy atom. The second-order valence-electron chi connectivity index (χ2n) is 4.67. The molecule has 0 amide bonds. The van der Waals surface area contributed by atoms with Crippen molar-refractivity contribution in [3.05, 3.63) is 76.1 Å². The predicted octanol–water partition coefficient (Wildman–Crippen LogP) is 3.42. The molecule has 0 aliphatic rings. The fraction of sp³-hybridized carbons (Fsp3) is 0.0625. The Kier molecular flexibility index (Phi) is 3.39. The lowest BCUT2D eigenvalue weighted by atomic mass is 10.1. The predicted molar refractivity (Wildman–Crippen MR) is 78.3 cm³/mol. The molecule has 0 unspecified atom stereocenters. The fourth-order valence-electron chi connectivity index (χ4n) is 2.15. The van der Waals surface area contributed by atoms with Crippen LogP contribution in [0.1, 0.15) is 5.56 Å². The Balaban J connectivity index is 1.90. The SMILES string of the molecule is O=c1[nH]c2ccccc2cc1CNc1cccc(F)c1F. The maximum absolute atomic E-state index is 13.5. The van der Waals surface area contributed by atoms with Crippen molar-refractivity contribution < 1.29 is 8.78 Å². The van der Waals surface area contributed by atoms with Gasteiger partial charge in [-0.25, -0.2) is 8.78 Å². The van der Waals surface area contributed by atoms with E-state index in [1.807, 2.05) is 18.2 Å². The van der Waals surface area contributed by atoms with Gasteiger partial charge >= 0.3 is 0 Å². The fourth-order valence-corrected chi connectivity index (χ4v) is 2.15. The third-order valence-corrected chi connectivity index (χ3v) is 3.25. The molecule has 1 aromatic heterocycles. The Bertz CT molecular complexity index is 858. The molecule has 0 saturated heterocycles. The highest BCUT2D eigenvalue weighted by atomic mass is 19.2. The molecule has 0 fully saturated rings. The van der Waals surface area contributed by atoms with Gasteiger partial charge < -0.3 is 10.3 Å². The molecule has 21 heavy (non-hydrogen) atoms. The van der Waals surface area contributed by atoms with Gasteiger partial charge in [0.25, 0.3) is 5.56 Å². The van der Waals surface area contributed by atoms with Crippen LogP contribution in [0.2, 0.25) is 0 Å². The summed E-state index contributed by atoms with van der Waals surface area (Å²) in [5, 5.41) is 3.62. The van der Waals surface area contributed by atoms with Gasteiger partial charge in [-0.15, -0.1) is 0 Å². The third kappa shape index (κ3) is 2.63. The molecule has 0 radical (unpaired) electrons. The van der Waals surface area contributed by atoms with Gasteiger partial charge in [0.05, 0.1) is 5.69 Å². The molecule has 0 spiro atoms. The Morgan fingerprint density at radius 2 is 1.86 bits per heavy atom. The molecule has 3 nitrogen and oxygen atoms in total. The number of rotatable bonds is 3. The van der Waals surface area contributed by atoms with Crippen LogP contribution in [0, 0.1) is 11.6 Å². The molecule has 1 heterocycles. The van der Waals surface area contributed by atoms with Crippen LogP contribution in [-0.4, -0.2) is 4.98 Å². The standard InChI is InChI=1S/C16H12F2N2O/c17-12-5-3-7-14(15(12)18)19-9-11-8-10-4-1-2-6-13(10)20-16(11)21/h1-8,19H,9H2,(H,20,21). The summed E-state index contributed by atoms with van der Waals surface area (Å²) in [4.78, 5) is 14.7. The Labute approximate surface area is 119 Å². The molecule has 106 valence electrons. The summed E-state index contributed by atoms with van der Waals surface area (Å²) in [6.45, 7) is 0.112. The molecule has 0 aliphatic carbocycles. The topological polar surface area (TPSA) is 44.9 Å². The number of para-hydroxylation sites is 1. The van der Waals surface area contributed by atoms with Crippen LogP contribution >= 0.6 is 0 Å². The lowest BCUT2D eigenvalue weighted by Crippen LogP contribution is -2.16. The van der Waals surface area contributed by atoms with E-state index in [1.54, 1.807) is 12.1 Å². The van der Waals surface area contributed by atoms with Crippen molar-refractivity contribution in [2.24, 2.45) is 0 Å². The maximum Gasteiger partial charge on any atom is 0.253 e. The molecule has 5 heteroatoms. The first-order chi connectivity index (χ1) is 10.1. The highest BCUT2D eigenvalue weighted by Gasteiger charge is 2.08. The van der Waals surface area contributed by atoms with Gasteiger partial charge in [0, 0.05) is 17.6 Å². The number of hydrogen-bond acceptors (Lipinski definition) is 2. The van der Waals surface area contributed by atoms with Gasteiger partial charge in [0.2, 0.25) is 0 Å². The van der Waals surface area contributed by atoms with Crippen molar-refractivity contribution in [1.82, 2.24) is 4.98 Å². The summed E-state index contributed by atoms with van der Waals surface area (Å²) in [5.74, 6) is -1.87. The van der Waals surface area contributed by atoms with Gasteiger partial charge in [-0.1, -0.05) is 24.3 Å². The lowest BCUT2D eigenvalue weighted by molar-refractivity contribution is 0.511. The minimum atomic E-state index is -0.949. The molecule has 3 rings (SSSR count). The van der Waals surface area contributed by atoms with Crippen LogP contribution in [0.4, 0.5) is 14.5 Å². The van der Waals surface area contributed by atoms with Gasteiger partial charge in [-0.3, -0.25) is 4.79 Å². The number of aromatic amines is 1. The Hall–Kier alpha value is -2.69. The van der Waals surface area contributed by atoms with Crippen molar-refractivity contribution in [2.75, 3.05) is 5.32 Å². The van der Waals surface area contributed by atoms with Gasteiger partial charge in [0.1, 0.15) is 0 Å². The number of pyridine rings is 1. The van der Waals surface area contributed by atoms with Gasteiger partial charge in [0.15, 0.2) is 11.6 Å². The first kappa shape index (κ1) is 13.3. The molecular weight excluding hydrogens is 274 g/mol. The average molecular weight is 286 g/mol. The number of fused-ring (bicyclic) bond motifs is 1. The van der Waals surface area contributed by atoms with E-state index in [9.17, 15) is 13.6 Å². The summed E-state index contributed by atoms with van der Waals surface area (Å²) in [6, 6.07) is 13.0. The Morgan fingerprint density at radius 3 is 2.71 bits per heavy atom. The number of hydrogen-bond donors (Lipinski definition) is 2. The van der Waals surface area contributed by atoms with Crippen LogP contribution in [0.25, 0.3) is 10.9 Å². The van der Waals surface area contributed by atoms with E-state index >= 15 is 0 Å². The van der Waals surface area contributed by atoms with E-state index in [0.717, 1.165) is 17.0 Å². The first-order valence-corrected chi connectivity index (χ1v) is 6.44. The van der Waals surface area contributed by atoms with Crippen molar-refractivity contribution in [1.29, 1.82) is 0 Å². The van der Waals surface area contributed by atoms with Crippen LogP contribution in [-0.2, 0) is 6.54 Å². The molecular formula is C16H12F2N2O. The second kappa shape index (κ2) is 5.36. The summed E-state index contributed by atoms with van der Waals surface area (Å²) in [7, 11) is 0.